The van der Waals surface area contributed by atoms with Crippen molar-refractivity contribution in [3.05, 3.63) is 5.82 Å². The third-order valence-corrected chi connectivity index (χ3v) is 2.36. The van der Waals surface area contributed by atoms with E-state index in [1.807, 2.05) is 18.5 Å². The van der Waals surface area contributed by atoms with E-state index >= 15 is 0 Å². The van der Waals surface area contributed by atoms with E-state index in [4.69, 9.17) is 5.73 Å². The van der Waals surface area contributed by atoms with Crippen molar-refractivity contribution in [1.29, 1.82) is 0 Å². The third kappa shape index (κ3) is 1.17. The highest BCUT2D eigenvalue weighted by molar-refractivity contribution is 6.99. The van der Waals surface area contributed by atoms with Crippen LogP contribution < -0.4 is 5.73 Å². The Morgan fingerprint density at radius 2 is 2.08 bits per heavy atom. The van der Waals surface area contributed by atoms with Crippen LogP contribution in [0.5, 0.6) is 0 Å². The van der Waals surface area contributed by atoms with Crippen molar-refractivity contribution < 1.29 is 0 Å². The quantitative estimate of drug-likeness (QED) is 0.705. The van der Waals surface area contributed by atoms with E-state index in [2.05, 4.69) is 18.9 Å². The van der Waals surface area contributed by atoms with Gasteiger partial charge in [-0.25, -0.2) is 0 Å². The Bertz CT molecular complexity index is 430. The first-order valence-corrected chi connectivity index (χ1v) is 4.37. The number of aryl methyl sites for hydroxylation is 1. The second-order valence-corrected chi connectivity index (χ2v) is 3.16. The lowest BCUT2D eigenvalue weighted by molar-refractivity contribution is 0.863. The van der Waals surface area contributed by atoms with E-state index in [0.29, 0.717) is 17.3 Å². The van der Waals surface area contributed by atoms with Crippen LogP contribution in [0.3, 0.4) is 0 Å². The number of nitrogens with two attached hydrogens (primary N) is 1. The van der Waals surface area contributed by atoms with E-state index in [-0.39, 0.29) is 0 Å². The van der Waals surface area contributed by atoms with Crippen molar-refractivity contribution >= 4 is 17.5 Å². The van der Waals surface area contributed by atoms with E-state index in [1.165, 1.54) is 0 Å². The molecule has 0 unspecified atom stereocenters. The molecule has 0 aliphatic rings. The molecule has 7 heteroatoms. The molecule has 0 saturated heterocycles. The van der Waals surface area contributed by atoms with Crippen LogP contribution in [0, 0.1) is 6.92 Å². The molecule has 0 saturated carbocycles. The molecule has 0 bridgehead atoms. The fourth-order valence-electron chi connectivity index (χ4n) is 0.964. The van der Waals surface area contributed by atoms with E-state index in [9.17, 15) is 0 Å². The Morgan fingerprint density at radius 3 is 2.54 bits per heavy atom. The zero-order valence-electron chi connectivity index (χ0n) is 7.22. The zero-order chi connectivity index (χ0) is 9.42. The minimum Gasteiger partial charge on any atom is -0.381 e. The molecular weight excluding hydrogens is 188 g/mol. The number of nitrogen functional groups attached to an aromatic ring is 1. The van der Waals surface area contributed by atoms with Crippen molar-refractivity contribution in [2.45, 2.75) is 6.92 Å². The predicted octanol–water partition coefficient (Wildman–Crippen LogP) is 0.224. The first kappa shape index (κ1) is 8.11. The van der Waals surface area contributed by atoms with Gasteiger partial charge in [0.05, 0.1) is 11.7 Å². The summed E-state index contributed by atoms with van der Waals surface area (Å²) in [6.07, 6.45) is 0. The summed E-state index contributed by atoms with van der Waals surface area (Å²) in [4.78, 5) is 0. The zero-order valence-corrected chi connectivity index (χ0v) is 8.04. The number of rotatable bonds is 1. The van der Waals surface area contributed by atoms with Gasteiger partial charge in [0.1, 0.15) is 5.82 Å². The monoisotopic (exact) mass is 196 g/mol. The predicted molar refractivity (Wildman–Crippen MR) is 49.1 cm³/mol. The number of hydrogen-bond donors (Lipinski definition) is 1. The van der Waals surface area contributed by atoms with Crippen LogP contribution >= 0.6 is 11.7 Å². The fraction of sp³-hybridized carbons (Fsp3) is 0.333. The molecule has 0 radical (unpaired) electrons. The molecule has 2 N–H and O–H groups in total. The second-order valence-electron chi connectivity index (χ2n) is 2.63. The first-order valence-electron chi connectivity index (χ1n) is 3.64. The number of anilines is 1. The Labute approximate surface area is 78.7 Å². The SMILES string of the molecule is Cc1nnc(-c2nsnc2N)n1C. The summed E-state index contributed by atoms with van der Waals surface area (Å²) in [6.45, 7) is 1.87. The lowest BCUT2D eigenvalue weighted by atomic mass is 10.4. The highest BCUT2D eigenvalue weighted by Gasteiger charge is 2.14. The average molecular weight is 196 g/mol. The molecule has 2 rings (SSSR count). The molecule has 2 aromatic rings. The summed E-state index contributed by atoms with van der Waals surface area (Å²) in [5, 5.41) is 7.86. The first-order chi connectivity index (χ1) is 6.20. The summed E-state index contributed by atoms with van der Waals surface area (Å²) >= 11 is 1.07. The van der Waals surface area contributed by atoms with Gasteiger partial charge >= 0.3 is 0 Å². The van der Waals surface area contributed by atoms with Gasteiger partial charge in [0.2, 0.25) is 0 Å². The normalized spacial score (nSPS) is 10.6. The maximum atomic E-state index is 5.61. The van der Waals surface area contributed by atoms with Crippen molar-refractivity contribution in [2.24, 2.45) is 7.05 Å². The Hall–Kier alpha value is -1.50. The lowest BCUT2D eigenvalue weighted by Gasteiger charge is -1.96. The largest absolute Gasteiger partial charge is 0.381 e. The maximum absolute atomic E-state index is 5.61. The minimum absolute atomic E-state index is 0.403. The van der Waals surface area contributed by atoms with Gasteiger partial charge in [-0.1, -0.05) is 0 Å². The Kier molecular flexibility index (Phi) is 1.73. The number of hydrogen-bond acceptors (Lipinski definition) is 6. The average Bonchev–Trinajstić information content (AvgIpc) is 2.62. The fourth-order valence-corrected chi connectivity index (χ4v) is 1.44. The molecule has 68 valence electrons. The standard InChI is InChI=1S/C6H8N6S/c1-3-8-9-6(12(3)2)4-5(7)11-13-10-4/h1-2H3,(H2,7,11). The molecule has 2 aromatic heterocycles. The Morgan fingerprint density at radius 1 is 1.31 bits per heavy atom. The van der Waals surface area contributed by atoms with Gasteiger partial charge in [-0.15, -0.1) is 10.2 Å². The summed E-state index contributed by atoms with van der Waals surface area (Å²) in [5.41, 5.74) is 6.21. The molecule has 13 heavy (non-hydrogen) atoms. The Balaban J connectivity index is 2.59. The van der Waals surface area contributed by atoms with Crippen LogP contribution in [0.15, 0.2) is 0 Å². The van der Waals surface area contributed by atoms with Crippen LogP contribution in [0.1, 0.15) is 5.82 Å². The van der Waals surface area contributed by atoms with Gasteiger partial charge in [-0.2, -0.15) is 8.75 Å². The molecular formula is C6H8N6S. The van der Waals surface area contributed by atoms with Crippen LogP contribution in [-0.2, 0) is 7.05 Å². The summed E-state index contributed by atoms with van der Waals surface area (Å²) in [5.74, 6) is 1.88. The summed E-state index contributed by atoms with van der Waals surface area (Å²) in [7, 11) is 1.86. The van der Waals surface area contributed by atoms with E-state index in [1.54, 1.807) is 0 Å². The highest BCUT2D eigenvalue weighted by atomic mass is 32.1. The van der Waals surface area contributed by atoms with Gasteiger partial charge in [0.15, 0.2) is 17.3 Å². The molecule has 0 aromatic carbocycles. The highest BCUT2D eigenvalue weighted by Crippen LogP contribution is 2.20. The van der Waals surface area contributed by atoms with Gasteiger partial charge in [-0.3, -0.25) is 0 Å². The van der Waals surface area contributed by atoms with Gasteiger partial charge in [-0.05, 0) is 6.92 Å². The second kappa shape index (κ2) is 2.77. The van der Waals surface area contributed by atoms with Crippen LogP contribution in [0.4, 0.5) is 5.82 Å². The van der Waals surface area contributed by atoms with E-state index < -0.39 is 0 Å². The van der Waals surface area contributed by atoms with Crippen LogP contribution in [0.2, 0.25) is 0 Å². The number of nitrogens with zero attached hydrogens (tertiary/aromatic N) is 5. The topological polar surface area (TPSA) is 82.5 Å². The van der Waals surface area contributed by atoms with Crippen LogP contribution in [0.25, 0.3) is 11.5 Å². The molecule has 0 atom stereocenters. The van der Waals surface area contributed by atoms with Crippen LogP contribution in [-0.4, -0.2) is 23.5 Å². The van der Waals surface area contributed by atoms with Gasteiger partial charge < -0.3 is 10.3 Å². The van der Waals surface area contributed by atoms with E-state index in [0.717, 1.165) is 17.6 Å². The smallest absolute Gasteiger partial charge is 0.187 e. The molecule has 6 nitrogen and oxygen atoms in total. The third-order valence-electron chi connectivity index (χ3n) is 1.82. The molecule has 0 amide bonds. The summed E-state index contributed by atoms with van der Waals surface area (Å²) in [6, 6.07) is 0. The molecule has 0 fully saturated rings. The lowest BCUT2D eigenvalue weighted by Crippen LogP contribution is -1.97. The number of aromatic nitrogens is 5. The van der Waals surface area contributed by atoms with Crippen molar-refractivity contribution in [1.82, 2.24) is 23.5 Å². The molecule has 2 heterocycles. The van der Waals surface area contributed by atoms with Crippen molar-refractivity contribution in [3.63, 3.8) is 0 Å². The molecule has 0 spiro atoms. The van der Waals surface area contributed by atoms with Crippen molar-refractivity contribution in [2.75, 3.05) is 5.73 Å². The maximum Gasteiger partial charge on any atom is 0.187 e. The summed E-state index contributed by atoms with van der Waals surface area (Å²) < 4.78 is 9.74. The van der Waals surface area contributed by atoms with Gasteiger partial charge in [0, 0.05) is 7.05 Å². The minimum atomic E-state index is 0.403. The molecule has 0 aliphatic carbocycles. The van der Waals surface area contributed by atoms with Crippen molar-refractivity contribution in [3.8, 4) is 11.5 Å². The van der Waals surface area contributed by atoms with Gasteiger partial charge in [0.25, 0.3) is 0 Å². The molecule has 0 aliphatic heterocycles.